The highest BCUT2D eigenvalue weighted by molar-refractivity contribution is 7.48. The molecule has 608 valence electrons. The molecule has 5 N–H and O–H groups in total. The van der Waals surface area contributed by atoms with Gasteiger partial charge >= 0.3 is 0 Å². The van der Waals surface area contributed by atoms with E-state index in [-0.39, 0.29) is 78.2 Å². The minimum absolute atomic E-state index is 0.0412. The number of hydrogen-bond acceptors (Lipinski definition) is 45. The first kappa shape index (κ1) is 108. The number of phosphoric acid groups is 12. The van der Waals surface area contributed by atoms with Gasteiger partial charge in [-0.3, -0.25) is 54.8 Å². The Hall–Kier alpha value is 1.28. The van der Waals surface area contributed by atoms with Gasteiger partial charge in [-0.1, -0.05) is 34.6 Å². The minimum Gasteiger partial charge on any atom is -0.756 e. The Morgan fingerprint density at radius 3 is 0.480 bits per heavy atom. The van der Waals surface area contributed by atoms with Crippen molar-refractivity contribution in [3.05, 3.63) is 0 Å². The van der Waals surface area contributed by atoms with E-state index in [2.05, 4.69) is 90.5 Å². The third-order valence-corrected chi connectivity index (χ3v) is 20.5. The quantitative estimate of drug-likeness (QED) is 0.0326. The van der Waals surface area contributed by atoms with Crippen molar-refractivity contribution in [1.82, 2.24) is 0 Å². The molecule has 0 rings (SSSR count). The van der Waals surface area contributed by atoms with Crippen LogP contribution in [0.3, 0.4) is 0 Å². The van der Waals surface area contributed by atoms with Crippen LogP contribution in [0.25, 0.3) is 0 Å². The lowest BCUT2D eigenvalue weighted by Crippen LogP contribution is -2.20. The highest BCUT2D eigenvalue weighted by Crippen LogP contribution is 2.46. The standard InChI is InChI=1S/C20H49O28P7.2C7H18O8P2.C5H13O5P/c1-4-19(15-45-49(21,22)23)16-47-54(32,33)43-13-11-41-52(28,29)39-9-7-37-51(26,27)38-8-10-40-53(30,31)42-12-14-44-55(34,35)48-18-20(5-2)17-46-50(24,25)36-6-3;2*1-3-7(5-14-16(8,9)10)6-15-17(11,12)13-4-2;1-2-5(3-6)4-10-11(7,8)9/h19-20H,4-18H2,1-3H3,(H,24,25)(H,26,27)(H,28,29)(H,30,31)(H,32,33)(H,34,35)(H2,21,22,23);2*7H,3-6H2,1-2H3,(H,11,12)(H2,8,9,10);5-6H,2-4H2,1H3,(H2,7,8,9)/p-12. The van der Waals surface area contributed by atoms with Crippen LogP contribution in [0, 0.1) is 29.6 Å². The topological polar surface area (TPSA) is 767 Å². The smallest absolute Gasteiger partial charge is 0.268 e. The first-order valence-corrected chi connectivity index (χ1v) is 46.4. The van der Waals surface area contributed by atoms with Crippen LogP contribution < -0.4 is 58.7 Å². The Morgan fingerprint density at radius 1 is 0.220 bits per heavy atom. The van der Waals surface area contributed by atoms with E-state index in [0.717, 1.165) is 0 Å². The third-order valence-electron chi connectivity index (χ3n) is 10.6. The van der Waals surface area contributed by atoms with E-state index in [9.17, 15) is 114 Å². The number of hydrogen-bond donors (Lipinski definition) is 5. The van der Waals surface area contributed by atoms with E-state index in [1.165, 1.54) is 27.7 Å². The molecular formula is C39H86O49P12-12. The lowest BCUT2D eigenvalue weighted by atomic mass is 10.1. The van der Waals surface area contributed by atoms with Gasteiger partial charge in [0.2, 0.25) is 0 Å². The van der Waals surface area contributed by atoms with Crippen LogP contribution in [0.15, 0.2) is 0 Å². The molecular weight excluding hydrogens is 1620 g/mol. The molecule has 0 heterocycles. The molecule has 0 aliphatic heterocycles. The summed E-state index contributed by atoms with van der Waals surface area (Å²) in [6.45, 7) is 1.32. The average molecular weight is 1710 g/mol. The molecule has 0 spiro atoms. The van der Waals surface area contributed by atoms with E-state index in [1.54, 1.807) is 27.7 Å². The fourth-order valence-corrected chi connectivity index (χ4v) is 12.7. The second kappa shape index (κ2) is 54.8. The van der Waals surface area contributed by atoms with E-state index >= 15 is 0 Å². The number of aliphatic hydroxyl groups is 1. The van der Waals surface area contributed by atoms with E-state index < -0.39 is 197 Å². The van der Waals surface area contributed by atoms with Crippen molar-refractivity contribution >= 4 is 93.9 Å². The Bertz CT molecular complexity index is 2700. The van der Waals surface area contributed by atoms with Crippen LogP contribution in [0.1, 0.15) is 87.5 Å². The van der Waals surface area contributed by atoms with Gasteiger partial charge in [0.05, 0.1) is 132 Å². The predicted molar refractivity (Wildman–Crippen MR) is 312 cm³/mol. The van der Waals surface area contributed by atoms with Crippen molar-refractivity contribution in [2.24, 2.45) is 29.6 Å². The summed E-state index contributed by atoms with van der Waals surface area (Å²) in [4.78, 5) is 167. The van der Waals surface area contributed by atoms with E-state index in [4.69, 9.17) is 24.7 Å². The Balaban J connectivity index is -0.000000815. The van der Waals surface area contributed by atoms with Crippen LogP contribution in [0.2, 0.25) is 0 Å². The first-order valence-electron chi connectivity index (χ1n) is 28.7. The van der Waals surface area contributed by atoms with Gasteiger partial charge in [0, 0.05) is 36.2 Å². The first-order chi connectivity index (χ1) is 45.6. The van der Waals surface area contributed by atoms with Gasteiger partial charge in [0.25, 0.3) is 93.9 Å². The highest BCUT2D eigenvalue weighted by Gasteiger charge is 2.23. The van der Waals surface area contributed by atoms with Gasteiger partial charge < -0.3 is 174 Å². The maximum absolute atomic E-state index is 11.9. The zero-order valence-electron chi connectivity index (χ0n) is 54.8. The van der Waals surface area contributed by atoms with Crippen LogP contribution in [-0.4, -0.2) is 163 Å². The average Bonchev–Trinajstić information content (AvgIpc) is 0.938. The minimum atomic E-state index is -5.18. The lowest BCUT2D eigenvalue weighted by molar-refractivity contribution is -0.238. The summed E-state index contributed by atoms with van der Waals surface area (Å²) < 4.78 is 221. The Morgan fingerprint density at radius 2 is 0.350 bits per heavy atom. The molecule has 0 aromatic carbocycles. The van der Waals surface area contributed by atoms with Gasteiger partial charge in [-0.15, -0.1) is 0 Å². The molecule has 0 aromatic rings. The summed E-state index contributed by atoms with van der Waals surface area (Å²) in [5, 5.41) is 8.57. The maximum atomic E-state index is 11.9. The zero-order chi connectivity index (χ0) is 78.4. The molecule has 0 radical (unpaired) electrons. The Kier molecular flexibility index (Phi) is 59.0. The molecule has 0 saturated carbocycles. The van der Waals surface area contributed by atoms with Gasteiger partial charge in [0.1, 0.15) is 0 Å². The van der Waals surface area contributed by atoms with E-state index in [1.807, 2.05) is 0 Å². The molecule has 0 saturated heterocycles. The third kappa shape index (κ3) is 72.2. The van der Waals surface area contributed by atoms with Crippen molar-refractivity contribution in [2.75, 3.05) is 139 Å². The molecule has 17 unspecified atom stereocenters. The van der Waals surface area contributed by atoms with Gasteiger partial charge in [0.15, 0.2) is 0 Å². The fraction of sp³-hybridized carbons (Fsp3) is 1.00. The largest absolute Gasteiger partial charge is 0.756 e. The normalized spacial score (nSPS) is 20.7. The van der Waals surface area contributed by atoms with Crippen molar-refractivity contribution in [3.63, 3.8) is 0 Å². The van der Waals surface area contributed by atoms with Crippen molar-refractivity contribution < 1.29 is 229 Å². The molecule has 17 atom stereocenters. The number of rotatable bonds is 59. The molecule has 0 aliphatic carbocycles. The zero-order valence-corrected chi connectivity index (χ0v) is 65.6. The van der Waals surface area contributed by atoms with Gasteiger partial charge in [-0.25, -0.2) is 0 Å². The predicted octanol–water partition coefficient (Wildman–Crippen LogP) is -1.95. The number of phosphoric ester groups is 12. The SMILES string of the molecule is CCC(CO)COP(=O)([O-])O.CCOP(=O)([O-])OCC(CC)COP(=O)([O-])O.CCOP(=O)([O-])OCC(CC)COP(=O)([O-])O.CCOP(=O)([O-])OCC(CC)COP(=O)([O-])OCCOP(=O)([O-])OCCOP(=O)([O-])OCCOP(=O)([O-])OCCOP(=O)([O-])OCC(CC)COP(=O)([O-])O. The molecule has 0 aliphatic rings. The van der Waals surface area contributed by atoms with Crippen molar-refractivity contribution in [3.8, 4) is 0 Å². The molecule has 0 bridgehead atoms. The van der Waals surface area contributed by atoms with E-state index in [0.29, 0.717) is 19.3 Å². The summed E-state index contributed by atoms with van der Waals surface area (Å²) >= 11 is 0. The summed E-state index contributed by atoms with van der Waals surface area (Å²) in [7, 11) is -58.0. The number of aliphatic hydroxyl groups excluding tert-OH is 1. The highest BCUT2D eigenvalue weighted by atomic mass is 31.2. The molecule has 0 amide bonds. The van der Waals surface area contributed by atoms with Crippen LogP contribution in [-0.2, 0) is 145 Å². The summed E-state index contributed by atoms with van der Waals surface area (Å²) in [5.74, 6) is -2.69. The molecule has 0 fully saturated rings. The second-order valence-corrected chi connectivity index (χ2v) is 34.7. The summed E-state index contributed by atoms with van der Waals surface area (Å²) in [6, 6.07) is 0. The van der Waals surface area contributed by atoms with Gasteiger partial charge in [-0.05, 0) is 52.9 Å². The van der Waals surface area contributed by atoms with Crippen molar-refractivity contribution in [1.29, 1.82) is 0 Å². The molecule has 61 heteroatoms. The van der Waals surface area contributed by atoms with Crippen molar-refractivity contribution in [2.45, 2.75) is 87.5 Å². The lowest BCUT2D eigenvalue weighted by Gasteiger charge is -2.28. The maximum Gasteiger partial charge on any atom is 0.268 e. The second-order valence-electron chi connectivity index (χ2n) is 18.6. The van der Waals surface area contributed by atoms with Crippen LogP contribution in [0.4, 0.5) is 0 Å². The Labute approximate surface area is 576 Å². The fourth-order valence-electron chi connectivity index (χ4n) is 5.18. The monoisotopic (exact) mass is 1710 g/mol. The molecule has 0 aromatic heterocycles. The summed E-state index contributed by atoms with van der Waals surface area (Å²) in [6.07, 6.45) is 1.87. The molecule has 100 heavy (non-hydrogen) atoms. The summed E-state index contributed by atoms with van der Waals surface area (Å²) in [5.41, 5.74) is 0. The van der Waals surface area contributed by atoms with Crippen LogP contribution >= 0.6 is 93.9 Å². The van der Waals surface area contributed by atoms with Crippen LogP contribution in [0.5, 0.6) is 0 Å². The molecule has 49 nitrogen and oxygen atoms in total. The van der Waals surface area contributed by atoms with Gasteiger partial charge in [-0.2, -0.15) is 0 Å².